The van der Waals surface area contributed by atoms with E-state index in [0.29, 0.717) is 10.6 Å². The highest BCUT2D eigenvalue weighted by Crippen LogP contribution is 2.40. The van der Waals surface area contributed by atoms with Gasteiger partial charge in [0.25, 0.3) is 0 Å². The molecule has 0 bridgehead atoms. The van der Waals surface area contributed by atoms with Crippen LogP contribution in [0.15, 0.2) is 53.9 Å². The number of aryl methyl sites for hydroxylation is 1. The first-order valence-corrected chi connectivity index (χ1v) is 10.1. The lowest BCUT2D eigenvalue weighted by atomic mass is 10.1. The van der Waals surface area contributed by atoms with Crippen molar-refractivity contribution in [3.8, 4) is 30.8 Å². The number of carboxylic acids is 1. The van der Waals surface area contributed by atoms with E-state index in [1.807, 2.05) is 24.3 Å². The van der Waals surface area contributed by atoms with Crippen molar-refractivity contribution in [1.29, 1.82) is 0 Å². The van der Waals surface area contributed by atoms with Crippen LogP contribution in [0.4, 0.5) is 0 Å². The van der Waals surface area contributed by atoms with Crippen LogP contribution in [0.1, 0.15) is 15.4 Å². The van der Waals surface area contributed by atoms with Gasteiger partial charge in [-0.1, -0.05) is 30.3 Å². The number of aromatic nitrogens is 1. The highest BCUT2D eigenvalue weighted by Gasteiger charge is 2.17. The zero-order valence-corrected chi connectivity index (χ0v) is 15.7. The van der Waals surface area contributed by atoms with Crippen molar-refractivity contribution in [2.45, 2.75) is 6.92 Å². The fraction of sp³-hybridized carbons (Fsp3) is 0.0526. The number of rotatable bonds is 4. The van der Waals surface area contributed by atoms with E-state index in [-0.39, 0.29) is 0 Å². The molecular weight excluding hydrogens is 370 g/mol. The van der Waals surface area contributed by atoms with Crippen LogP contribution in [0.2, 0.25) is 0 Å². The largest absolute Gasteiger partial charge is 0.477 e. The lowest BCUT2D eigenvalue weighted by Gasteiger charge is -1.95. The van der Waals surface area contributed by atoms with Crippen LogP contribution in [-0.4, -0.2) is 16.1 Å². The van der Waals surface area contributed by atoms with Gasteiger partial charge in [-0.2, -0.15) is 0 Å². The van der Waals surface area contributed by atoms with Crippen molar-refractivity contribution in [3.05, 3.63) is 64.5 Å². The number of hydrogen-bond acceptors (Lipinski definition) is 5. The molecule has 25 heavy (non-hydrogen) atoms. The van der Waals surface area contributed by atoms with Crippen LogP contribution in [0.5, 0.6) is 0 Å². The molecule has 0 fully saturated rings. The van der Waals surface area contributed by atoms with Crippen molar-refractivity contribution >= 4 is 40.0 Å². The van der Waals surface area contributed by atoms with Crippen molar-refractivity contribution < 1.29 is 9.90 Å². The van der Waals surface area contributed by atoms with E-state index in [1.54, 1.807) is 29.6 Å². The summed E-state index contributed by atoms with van der Waals surface area (Å²) in [7, 11) is 0. The van der Waals surface area contributed by atoms with Gasteiger partial charge in [-0.25, -0.2) is 9.78 Å². The van der Waals surface area contributed by atoms with Crippen LogP contribution < -0.4 is 0 Å². The minimum absolute atomic E-state index is 0.312. The van der Waals surface area contributed by atoms with E-state index in [2.05, 4.69) is 34.6 Å². The highest BCUT2D eigenvalue weighted by molar-refractivity contribution is 7.26. The molecular formula is C19H13NO2S3. The molecule has 4 aromatic rings. The number of benzene rings is 1. The van der Waals surface area contributed by atoms with Gasteiger partial charge in [-0.15, -0.1) is 34.0 Å². The molecule has 0 amide bonds. The van der Waals surface area contributed by atoms with Crippen molar-refractivity contribution in [2.24, 2.45) is 0 Å². The summed E-state index contributed by atoms with van der Waals surface area (Å²) in [6.07, 6.45) is 0. The molecule has 3 heterocycles. The average molecular weight is 384 g/mol. The second-order valence-corrected chi connectivity index (χ2v) is 8.46. The Morgan fingerprint density at radius 3 is 2.44 bits per heavy atom. The lowest BCUT2D eigenvalue weighted by molar-refractivity contribution is 0.0701. The normalized spacial score (nSPS) is 10.9. The van der Waals surface area contributed by atoms with Gasteiger partial charge in [0.2, 0.25) is 0 Å². The number of thiazole rings is 1. The van der Waals surface area contributed by atoms with Crippen molar-refractivity contribution in [2.75, 3.05) is 0 Å². The van der Waals surface area contributed by atoms with Gasteiger partial charge in [0.1, 0.15) is 9.88 Å². The Morgan fingerprint density at radius 1 is 0.960 bits per heavy atom. The third-order valence-electron chi connectivity index (χ3n) is 3.76. The van der Waals surface area contributed by atoms with Crippen molar-refractivity contribution in [1.82, 2.24) is 4.98 Å². The topological polar surface area (TPSA) is 50.2 Å². The second-order valence-electron chi connectivity index (χ2n) is 5.47. The molecule has 1 aromatic carbocycles. The van der Waals surface area contributed by atoms with Crippen LogP contribution in [0.25, 0.3) is 30.8 Å². The predicted octanol–water partition coefficient (Wildman–Crippen LogP) is 6.27. The number of nitrogens with zero attached hydrogens (tertiary/aromatic N) is 1. The molecule has 0 aliphatic carbocycles. The monoisotopic (exact) mass is 383 g/mol. The number of aromatic carboxylic acids is 1. The zero-order valence-electron chi connectivity index (χ0n) is 13.2. The maximum absolute atomic E-state index is 11.2. The Kier molecular flexibility index (Phi) is 4.25. The smallest absolute Gasteiger partial charge is 0.347 e. The fourth-order valence-corrected chi connectivity index (χ4v) is 5.52. The summed E-state index contributed by atoms with van der Waals surface area (Å²) < 4.78 is 0. The molecule has 4 rings (SSSR count). The third kappa shape index (κ3) is 3.16. The number of carbonyl (C=O) groups is 1. The van der Waals surface area contributed by atoms with Crippen LogP contribution in [0.3, 0.4) is 0 Å². The quantitative estimate of drug-likeness (QED) is 0.451. The average Bonchev–Trinajstić information content (AvgIpc) is 3.34. The van der Waals surface area contributed by atoms with E-state index < -0.39 is 5.97 Å². The van der Waals surface area contributed by atoms with Gasteiger partial charge >= 0.3 is 5.97 Å². The van der Waals surface area contributed by atoms with E-state index in [0.717, 1.165) is 9.88 Å². The van der Waals surface area contributed by atoms with E-state index >= 15 is 0 Å². The molecule has 0 spiro atoms. The van der Waals surface area contributed by atoms with E-state index in [4.69, 9.17) is 0 Å². The highest BCUT2D eigenvalue weighted by atomic mass is 32.1. The summed E-state index contributed by atoms with van der Waals surface area (Å²) in [5, 5.41) is 12.1. The van der Waals surface area contributed by atoms with Gasteiger partial charge in [0, 0.05) is 9.75 Å². The van der Waals surface area contributed by atoms with Gasteiger partial charge in [0.15, 0.2) is 0 Å². The summed E-state index contributed by atoms with van der Waals surface area (Å²) in [4.78, 5) is 19.3. The van der Waals surface area contributed by atoms with Crippen LogP contribution >= 0.6 is 34.0 Å². The van der Waals surface area contributed by atoms with Crippen LogP contribution in [-0.2, 0) is 0 Å². The fourth-order valence-electron chi connectivity index (χ4n) is 2.53. The molecule has 0 aliphatic heterocycles. The summed E-state index contributed by atoms with van der Waals surface area (Å²) in [5.41, 5.74) is 3.00. The summed E-state index contributed by atoms with van der Waals surface area (Å²) in [5.74, 6) is -0.913. The van der Waals surface area contributed by atoms with Crippen molar-refractivity contribution in [3.63, 3.8) is 0 Å². The Bertz CT molecular complexity index is 1040. The maximum atomic E-state index is 11.2. The number of hydrogen-bond donors (Lipinski definition) is 1. The van der Waals surface area contributed by atoms with Gasteiger partial charge < -0.3 is 5.11 Å². The Hall–Kier alpha value is -2.28. The second kappa shape index (κ2) is 6.55. The van der Waals surface area contributed by atoms with Crippen LogP contribution in [0, 0.1) is 6.92 Å². The SMILES string of the molecule is Cc1nc(-c2ccc(-c3cc(-c4ccccc4)cs3)s2)sc1C(=O)O. The summed E-state index contributed by atoms with van der Waals surface area (Å²) >= 11 is 4.60. The van der Waals surface area contributed by atoms with Gasteiger partial charge in [-0.3, -0.25) is 0 Å². The molecule has 124 valence electrons. The molecule has 0 saturated carbocycles. The van der Waals surface area contributed by atoms with E-state index in [1.165, 1.54) is 32.2 Å². The minimum atomic E-state index is -0.913. The third-order valence-corrected chi connectivity index (χ3v) is 7.28. The lowest BCUT2D eigenvalue weighted by Crippen LogP contribution is -1.94. The zero-order chi connectivity index (χ0) is 17.4. The molecule has 0 unspecified atom stereocenters. The van der Waals surface area contributed by atoms with E-state index in [9.17, 15) is 9.90 Å². The minimum Gasteiger partial charge on any atom is -0.477 e. The molecule has 0 atom stereocenters. The Labute approximate surface area is 156 Å². The maximum Gasteiger partial charge on any atom is 0.347 e. The number of thiophene rings is 2. The Balaban J connectivity index is 1.65. The standard InChI is InChI=1S/C19H13NO2S3/c1-11-17(19(21)22)25-18(20-11)15-8-7-14(24-15)16-9-13(10-23-16)12-5-3-2-4-6-12/h2-10H,1H3,(H,21,22). The molecule has 6 heteroatoms. The first-order valence-electron chi connectivity index (χ1n) is 7.57. The molecule has 3 aromatic heterocycles. The molecule has 1 N–H and O–H groups in total. The molecule has 0 aliphatic rings. The molecule has 0 saturated heterocycles. The Morgan fingerprint density at radius 2 is 1.72 bits per heavy atom. The van der Waals surface area contributed by atoms with Gasteiger partial charge in [-0.05, 0) is 41.6 Å². The number of carboxylic acid groups (broad SMARTS) is 1. The predicted molar refractivity (Wildman–Crippen MR) is 106 cm³/mol. The first-order chi connectivity index (χ1) is 12.1. The molecule has 3 nitrogen and oxygen atoms in total. The van der Waals surface area contributed by atoms with Gasteiger partial charge in [0.05, 0.1) is 10.6 Å². The summed E-state index contributed by atoms with van der Waals surface area (Å²) in [6.45, 7) is 1.74. The summed E-state index contributed by atoms with van der Waals surface area (Å²) in [6, 6.07) is 16.6. The molecule has 0 radical (unpaired) electrons. The first kappa shape index (κ1) is 16.2.